The summed E-state index contributed by atoms with van der Waals surface area (Å²) in [7, 11) is 0. The van der Waals surface area contributed by atoms with Crippen LogP contribution < -0.4 is 4.90 Å². The first-order valence-electron chi connectivity index (χ1n) is 7.11. The first-order chi connectivity index (χ1) is 9.88. The van der Waals surface area contributed by atoms with Crippen molar-refractivity contribution >= 4 is 11.7 Å². The van der Waals surface area contributed by atoms with E-state index in [-0.39, 0.29) is 11.6 Å². The molecule has 1 aromatic rings. The number of hydrogen-bond acceptors (Lipinski definition) is 1. The van der Waals surface area contributed by atoms with Gasteiger partial charge in [0, 0.05) is 25.3 Å². The molecule has 1 aliphatic carbocycles. The fourth-order valence-electron chi connectivity index (χ4n) is 2.81. The number of hydrogen-bond donors (Lipinski definition) is 0. The lowest BCUT2D eigenvalue weighted by atomic mass is 10.1. The molecule has 0 radical (unpaired) electrons. The first kappa shape index (κ1) is 14.2. The number of halogens is 3. The number of alkyl halides is 3. The van der Waals surface area contributed by atoms with Crippen LogP contribution in [0, 0.1) is 12.8 Å². The van der Waals surface area contributed by atoms with Gasteiger partial charge < -0.3 is 4.90 Å². The molecule has 0 unspecified atom stereocenters. The third-order valence-corrected chi connectivity index (χ3v) is 4.17. The van der Waals surface area contributed by atoms with Crippen molar-refractivity contribution < 1.29 is 18.0 Å². The van der Waals surface area contributed by atoms with E-state index in [0.717, 1.165) is 25.5 Å². The fourth-order valence-corrected chi connectivity index (χ4v) is 2.81. The molecule has 0 aromatic heterocycles. The Bertz CT molecular complexity index is 567. The highest BCUT2D eigenvalue weighted by molar-refractivity contribution is 5.95. The van der Waals surface area contributed by atoms with Gasteiger partial charge in [-0.25, -0.2) is 4.79 Å². The van der Waals surface area contributed by atoms with E-state index >= 15 is 0 Å². The molecule has 6 heteroatoms. The minimum Gasteiger partial charge on any atom is -0.322 e. The monoisotopic (exact) mass is 298 g/mol. The van der Waals surface area contributed by atoms with E-state index < -0.39 is 11.7 Å². The van der Waals surface area contributed by atoms with Gasteiger partial charge in [0.05, 0.1) is 5.56 Å². The average Bonchev–Trinajstić information content (AvgIpc) is 3.14. The zero-order chi connectivity index (χ0) is 15.2. The number of anilines is 1. The number of nitrogens with zero attached hydrogens (tertiary/aromatic N) is 2. The second-order valence-corrected chi connectivity index (χ2v) is 5.77. The third-order valence-electron chi connectivity index (χ3n) is 4.17. The molecule has 0 N–H and O–H groups in total. The summed E-state index contributed by atoms with van der Waals surface area (Å²) in [5, 5.41) is 0. The van der Waals surface area contributed by atoms with E-state index in [1.807, 2.05) is 0 Å². The van der Waals surface area contributed by atoms with E-state index in [4.69, 9.17) is 0 Å². The molecule has 1 aliphatic heterocycles. The minimum atomic E-state index is -4.39. The molecule has 21 heavy (non-hydrogen) atoms. The van der Waals surface area contributed by atoms with Crippen molar-refractivity contribution in [1.82, 2.24) is 4.90 Å². The van der Waals surface area contributed by atoms with Crippen molar-refractivity contribution in [2.24, 2.45) is 5.92 Å². The largest absolute Gasteiger partial charge is 0.416 e. The summed E-state index contributed by atoms with van der Waals surface area (Å²) >= 11 is 0. The average molecular weight is 298 g/mol. The molecule has 0 atom stereocenters. The number of amides is 2. The van der Waals surface area contributed by atoms with E-state index in [1.54, 1.807) is 11.0 Å². The molecule has 1 heterocycles. The summed E-state index contributed by atoms with van der Waals surface area (Å²) in [6.45, 7) is 3.20. The van der Waals surface area contributed by atoms with Crippen LogP contribution in [-0.4, -0.2) is 30.6 Å². The Morgan fingerprint density at radius 2 is 1.95 bits per heavy atom. The standard InChI is InChI=1S/C15H17F3N2O/c1-10-12(15(16,17)18)3-2-4-13(10)20-8-7-19(14(20)21)9-11-5-6-11/h2-4,11H,5-9H2,1H3. The minimum absolute atomic E-state index is 0.117. The van der Waals surface area contributed by atoms with Crippen LogP contribution in [0.1, 0.15) is 24.0 Å². The molecule has 0 bridgehead atoms. The van der Waals surface area contributed by atoms with Crippen LogP contribution in [0.2, 0.25) is 0 Å². The first-order valence-corrected chi connectivity index (χ1v) is 7.11. The highest BCUT2D eigenvalue weighted by atomic mass is 19.4. The molecule has 2 amide bonds. The fraction of sp³-hybridized carbons (Fsp3) is 0.533. The summed E-state index contributed by atoms with van der Waals surface area (Å²) in [6.07, 6.45) is -2.10. The molecule has 2 fully saturated rings. The van der Waals surface area contributed by atoms with Crippen LogP contribution in [0.15, 0.2) is 18.2 Å². The van der Waals surface area contributed by atoms with Gasteiger partial charge >= 0.3 is 12.2 Å². The Morgan fingerprint density at radius 1 is 1.24 bits per heavy atom. The predicted molar refractivity (Wildman–Crippen MR) is 73.2 cm³/mol. The summed E-state index contributed by atoms with van der Waals surface area (Å²) in [6, 6.07) is 3.83. The van der Waals surface area contributed by atoms with Gasteiger partial charge in [0.1, 0.15) is 0 Å². The van der Waals surface area contributed by atoms with Gasteiger partial charge in [0.2, 0.25) is 0 Å². The van der Waals surface area contributed by atoms with Gasteiger partial charge in [-0.2, -0.15) is 13.2 Å². The molecule has 1 saturated carbocycles. The zero-order valence-electron chi connectivity index (χ0n) is 11.8. The second kappa shape index (κ2) is 4.93. The molecule has 1 saturated heterocycles. The number of carbonyl (C=O) groups excluding carboxylic acids is 1. The predicted octanol–water partition coefficient (Wildman–Crippen LogP) is 3.67. The quantitative estimate of drug-likeness (QED) is 0.835. The maximum absolute atomic E-state index is 13.0. The Hall–Kier alpha value is -1.72. The number of benzene rings is 1. The zero-order valence-corrected chi connectivity index (χ0v) is 11.8. The van der Waals surface area contributed by atoms with Gasteiger partial charge in [0.15, 0.2) is 0 Å². The number of urea groups is 1. The summed E-state index contributed by atoms with van der Waals surface area (Å²) in [5.74, 6) is 0.580. The summed E-state index contributed by atoms with van der Waals surface area (Å²) < 4.78 is 38.9. The van der Waals surface area contributed by atoms with Crippen molar-refractivity contribution in [3.05, 3.63) is 29.3 Å². The van der Waals surface area contributed by atoms with E-state index in [2.05, 4.69) is 0 Å². The maximum Gasteiger partial charge on any atom is 0.416 e. The molecule has 3 rings (SSSR count). The van der Waals surface area contributed by atoms with E-state index in [9.17, 15) is 18.0 Å². The topological polar surface area (TPSA) is 23.6 Å². The van der Waals surface area contributed by atoms with Crippen LogP contribution in [0.4, 0.5) is 23.7 Å². The van der Waals surface area contributed by atoms with E-state index in [0.29, 0.717) is 24.7 Å². The van der Waals surface area contributed by atoms with Gasteiger partial charge in [-0.3, -0.25) is 4.90 Å². The molecule has 1 aromatic carbocycles. The van der Waals surface area contributed by atoms with Crippen LogP contribution in [0.3, 0.4) is 0 Å². The molecule has 3 nitrogen and oxygen atoms in total. The van der Waals surface area contributed by atoms with Crippen LogP contribution in [0.25, 0.3) is 0 Å². The van der Waals surface area contributed by atoms with Crippen LogP contribution in [-0.2, 0) is 6.18 Å². The number of carbonyl (C=O) groups is 1. The SMILES string of the molecule is Cc1c(N2CCN(CC3CC3)C2=O)cccc1C(F)(F)F. The normalized spacial score (nSPS) is 19.5. The molecular weight excluding hydrogens is 281 g/mol. The smallest absolute Gasteiger partial charge is 0.322 e. The van der Waals surface area contributed by atoms with Gasteiger partial charge in [-0.05, 0) is 43.4 Å². The Labute approximate surface area is 121 Å². The van der Waals surface area contributed by atoms with Gasteiger partial charge in [-0.15, -0.1) is 0 Å². The highest BCUT2D eigenvalue weighted by Gasteiger charge is 2.37. The Kier molecular flexibility index (Phi) is 3.34. The Morgan fingerprint density at radius 3 is 2.57 bits per heavy atom. The Balaban J connectivity index is 1.85. The van der Waals surface area contributed by atoms with Crippen molar-refractivity contribution in [2.75, 3.05) is 24.5 Å². The third kappa shape index (κ3) is 2.71. The van der Waals surface area contributed by atoms with Crippen molar-refractivity contribution in [3.8, 4) is 0 Å². The molecule has 2 aliphatic rings. The van der Waals surface area contributed by atoms with Crippen LogP contribution in [0.5, 0.6) is 0 Å². The van der Waals surface area contributed by atoms with Crippen molar-refractivity contribution in [1.29, 1.82) is 0 Å². The van der Waals surface area contributed by atoms with E-state index in [1.165, 1.54) is 17.9 Å². The highest BCUT2D eigenvalue weighted by Crippen LogP contribution is 2.37. The lowest BCUT2D eigenvalue weighted by Crippen LogP contribution is -2.33. The lowest BCUT2D eigenvalue weighted by molar-refractivity contribution is -0.138. The van der Waals surface area contributed by atoms with Crippen molar-refractivity contribution in [2.45, 2.75) is 25.9 Å². The van der Waals surface area contributed by atoms with Gasteiger partial charge in [0.25, 0.3) is 0 Å². The summed E-state index contributed by atoms with van der Waals surface area (Å²) in [4.78, 5) is 15.6. The second-order valence-electron chi connectivity index (χ2n) is 5.77. The lowest BCUT2D eigenvalue weighted by Gasteiger charge is -2.22. The summed E-state index contributed by atoms with van der Waals surface area (Å²) in [5.41, 5.74) is -0.187. The molecule has 114 valence electrons. The van der Waals surface area contributed by atoms with Crippen LogP contribution >= 0.6 is 0 Å². The maximum atomic E-state index is 13.0. The molecular formula is C15H17F3N2O. The van der Waals surface area contributed by atoms with Gasteiger partial charge in [-0.1, -0.05) is 6.07 Å². The number of rotatable bonds is 3. The van der Waals surface area contributed by atoms with Crippen molar-refractivity contribution in [3.63, 3.8) is 0 Å². The molecule has 0 spiro atoms.